The lowest BCUT2D eigenvalue weighted by Gasteiger charge is -2.03. The van der Waals surface area contributed by atoms with Crippen molar-refractivity contribution in [2.45, 2.75) is 0 Å². The largest absolute Gasteiger partial charge is 0.399 e. The van der Waals surface area contributed by atoms with Crippen LogP contribution in [0, 0.1) is 0 Å². The average molecular weight is 364 g/mol. The maximum Gasteiger partial charge on any atom is 0.257 e. The van der Waals surface area contributed by atoms with Gasteiger partial charge in [0.15, 0.2) is 5.13 Å². The van der Waals surface area contributed by atoms with E-state index in [9.17, 15) is 4.79 Å². The predicted octanol–water partition coefficient (Wildman–Crippen LogP) is 4.95. The minimum Gasteiger partial charge on any atom is -0.399 e. The van der Waals surface area contributed by atoms with E-state index in [1.165, 1.54) is 17.4 Å². The maximum atomic E-state index is 12.2. The third-order valence-corrected chi connectivity index (χ3v) is 4.61. The zero-order chi connectivity index (χ0) is 16.4. The molecular formula is C16H11Cl2N3OS. The zero-order valence-corrected chi connectivity index (χ0v) is 14.0. The zero-order valence-electron chi connectivity index (χ0n) is 11.7. The number of nitrogens with two attached hydrogens (primary N) is 1. The van der Waals surface area contributed by atoms with Crippen molar-refractivity contribution < 1.29 is 4.79 Å². The molecule has 0 saturated heterocycles. The number of hydrogen-bond acceptors (Lipinski definition) is 4. The first-order valence-corrected chi connectivity index (χ1v) is 8.24. The Morgan fingerprint density at radius 2 is 1.83 bits per heavy atom. The highest BCUT2D eigenvalue weighted by Gasteiger charge is 2.11. The number of thiazole rings is 1. The van der Waals surface area contributed by atoms with Crippen LogP contribution in [-0.4, -0.2) is 10.9 Å². The van der Waals surface area contributed by atoms with E-state index in [0.717, 1.165) is 11.3 Å². The van der Waals surface area contributed by atoms with Crippen molar-refractivity contribution >= 4 is 51.3 Å². The number of nitrogen functional groups attached to an aromatic ring is 1. The molecule has 1 amide bonds. The van der Waals surface area contributed by atoms with Gasteiger partial charge >= 0.3 is 0 Å². The summed E-state index contributed by atoms with van der Waals surface area (Å²) in [6, 6.07) is 12.1. The molecule has 0 bridgehead atoms. The van der Waals surface area contributed by atoms with E-state index in [1.807, 2.05) is 29.6 Å². The van der Waals surface area contributed by atoms with Crippen molar-refractivity contribution in [1.82, 2.24) is 4.98 Å². The number of aromatic nitrogens is 1. The molecule has 4 nitrogen and oxygen atoms in total. The smallest absolute Gasteiger partial charge is 0.257 e. The van der Waals surface area contributed by atoms with Crippen LogP contribution in [0.3, 0.4) is 0 Å². The second-order valence-corrected chi connectivity index (χ2v) is 6.42. The minimum atomic E-state index is -0.290. The first-order valence-electron chi connectivity index (χ1n) is 6.61. The lowest BCUT2D eigenvalue weighted by Crippen LogP contribution is -2.11. The minimum absolute atomic E-state index is 0.290. The van der Waals surface area contributed by atoms with Crippen LogP contribution >= 0.6 is 34.5 Å². The molecule has 1 heterocycles. The first-order chi connectivity index (χ1) is 11.0. The fourth-order valence-electron chi connectivity index (χ4n) is 1.92. The Bertz CT molecular complexity index is 862. The van der Waals surface area contributed by atoms with E-state index in [0.29, 0.717) is 26.4 Å². The summed E-state index contributed by atoms with van der Waals surface area (Å²) in [5, 5.41) is 5.87. The van der Waals surface area contributed by atoms with Gasteiger partial charge in [0.25, 0.3) is 5.91 Å². The van der Waals surface area contributed by atoms with E-state index in [4.69, 9.17) is 28.9 Å². The average Bonchev–Trinajstić information content (AvgIpc) is 2.99. The van der Waals surface area contributed by atoms with Gasteiger partial charge in [-0.3, -0.25) is 10.1 Å². The van der Waals surface area contributed by atoms with Crippen LogP contribution in [0.15, 0.2) is 47.8 Å². The lowest BCUT2D eigenvalue weighted by molar-refractivity contribution is 0.102. The molecule has 0 aliphatic heterocycles. The van der Waals surface area contributed by atoms with Gasteiger partial charge in [0.1, 0.15) is 0 Å². The van der Waals surface area contributed by atoms with Gasteiger partial charge in [-0.15, -0.1) is 11.3 Å². The molecular weight excluding hydrogens is 353 g/mol. The van der Waals surface area contributed by atoms with Gasteiger partial charge in [-0.05, 0) is 30.3 Å². The number of rotatable bonds is 3. The fourth-order valence-corrected chi connectivity index (χ4v) is 2.94. The molecule has 23 heavy (non-hydrogen) atoms. The van der Waals surface area contributed by atoms with Crippen LogP contribution in [0.2, 0.25) is 10.0 Å². The monoisotopic (exact) mass is 363 g/mol. The van der Waals surface area contributed by atoms with E-state index >= 15 is 0 Å². The number of carbonyl (C=O) groups excluding carboxylic acids is 1. The molecule has 0 atom stereocenters. The number of halogens is 2. The summed E-state index contributed by atoms with van der Waals surface area (Å²) in [5.74, 6) is -0.290. The molecule has 7 heteroatoms. The molecule has 0 aliphatic rings. The third-order valence-electron chi connectivity index (χ3n) is 3.11. The number of nitrogens with one attached hydrogen (secondary N) is 1. The van der Waals surface area contributed by atoms with E-state index in [-0.39, 0.29) is 5.91 Å². The van der Waals surface area contributed by atoms with Crippen LogP contribution in [0.1, 0.15) is 10.4 Å². The van der Waals surface area contributed by atoms with Crippen LogP contribution in [0.5, 0.6) is 0 Å². The van der Waals surface area contributed by atoms with Gasteiger partial charge in [0.05, 0.1) is 15.7 Å². The molecule has 3 rings (SSSR count). The van der Waals surface area contributed by atoms with Crippen LogP contribution in [-0.2, 0) is 0 Å². The molecule has 0 unspecified atom stereocenters. The van der Waals surface area contributed by atoms with Crippen molar-refractivity contribution in [2.24, 2.45) is 0 Å². The molecule has 3 aromatic rings. The number of anilines is 2. The Morgan fingerprint density at radius 1 is 1.09 bits per heavy atom. The van der Waals surface area contributed by atoms with Crippen molar-refractivity contribution in [3.05, 3.63) is 63.5 Å². The lowest BCUT2D eigenvalue weighted by atomic mass is 10.1. The summed E-state index contributed by atoms with van der Waals surface area (Å²) in [5.41, 5.74) is 8.49. The quantitative estimate of drug-likeness (QED) is 0.646. The van der Waals surface area contributed by atoms with E-state index in [1.54, 1.807) is 12.1 Å². The third kappa shape index (κ3) is 3.64. The van der Waals surface area contributed by atoms with Gasteiger partial charge in [-0.25, -0.2) is 4.98 Å². The number of nitrogens with zero attached hydrogens (tertiary/aromatic N) is 1. The van der Waals surface area contributed by atoms with Gasteiger partial charge in [0.2, 0.25) is 0 Å². The Hall–Kier alpha value is -2.08. The maximum absolute atomic E-state index is 12.2. The van der Waals surface area contributed by atoms with Crippen molar-refractivity contribution in [3.63, 3.8) is 0 Å². The molecule has 0 saturated carbocycles. The predicted molar refractivity (Wildman–Crippen MR) is 96.4 cm³/mol. The Balaban J connectivity index is 1.77. The summed E-state index contributed by atoms with van der Waals surface area (Å²) in [6.07, 6.45) is 0. The van der Waals surface area contributed by atoms with Crippen molar-refractivity contribution in [1.29, 1.82) is 0 Å². The molecule has 0 fully saturated rings. The highest BCUT2D eigenvalue weighted by molar-refractivity contribution is 7.14. The Morgan fingerprint density at radius 3 is 2.52 bits per heavy atom. The second-order valence-electron chi connectivity index (χ2n) is 4.74. The Labute approximate surface area is 146 Å². The first kappa shape index (κ1) is 15.8. The number of carbonyl (C=O) groups is 1. The van der Waals surface area contributed by atoms with Crippen LogP contribution in [0.4, 0.5) is 10.8 Å². The molecule has 116 valence electrons. The SMILES string of the molecule is Nc1ccc(-c2csc(NC(=O)c3ccc(Cl)c(Cl)c3)n2)cc1. The molecule has 0 spiro atoms. The molecule has 0 radical (unpaired) electrons. The number of hydrogen-bond donors (Lipinski definition) is 2. The topological polar surface area (TPSA) is 68.0 Å². The van der Waals surface area contributed by atoms with Gasteiger partial charge < -0.3 is 5.73 Å². The highest BCUT2D eigenvalue weighted by atomic mass is 35.5. The summed E-state index contributed by atoms with van der Waals surface area (Å²) < 4.78 is 0. The van der Waals surface area contributed by atoms with Gasteiger partial charge in [0, 0.05) is 22.2 Å². The standard InChI is InChI=1S/C16H11Cl2N3OS/c17-12-6-3-10(7-13(12)18)15(22)21-16-20-14(8-23-16)9-1-4-11(19)5-2-9/h1-8H,19H2,(H,20,21,22). The van der Waals surface area contributed by atoms with Crippen LogP contribution < -0.4 is 11.1 Å². The summed E-state index contributed by atoms with van der Waals surface area (Å²) in [6.45, 7) is 0. The van der Waals surface area contributed by atoms with Gasteiger partial charge in [-0.1, -0.05) is 35.3 Å². The highest BCUT2D eigenvalue weighted by Crippen LogP contribution is 2.27. The summed E-state index contributed by atoms with van der Waals surface area (Å²) in [7, 11) is 0. The molecule has 3 N–H and O–H groups in total. The van der Waals surface area contributed by atoms with E-state index in [2.05, 4.69) is 10.3 Å². The molecule has 2 aromatic carbocycles. The second kappa shape index (κ2) is 6.58. The van der Waals surface area contributed by atoms with Crippen molar-refractivity contribution in [3.8, 4) is 11.3 Å². The fraction of sp³-hybridized carbons (Fsp3) is 0. The van der Waals surface area contributed by atoms with Crippen LogP contribution in [0.25, 0.3) is 11.3 Å². The number of benzene rings is 2. The number of amides is 1. The normalized spacial score (nSPS) is 10.5. The molecule has 1 aromatic heterocycles. The molecule has 0 aliphatic carbocycles. The Kier molecular flexibility index (Phi) is 4.52. The summed E-state index contributed by atoms with van der Waals surface area (Å²) in [4.78, 5) is 16.6. The summed E-state index contributed by atoms with van der Waals surface area (Å²) >= 11 is 13.1. The van der Waals surface area contributed by atoms with Crippen molar-refractivity contribution in [2.75, 3.05) is 11.1 Å². The van der Waals surface area contributed by atoms with Gasteiger partial charge in [-0.2, -0.15) is 0 Å². The van der Waals surface area contributed by atoms with E-state index < -0.39 is 0 Å².